The average molecular weight is 514 g/mol. The lowest BCUT2D eigenvalue weighted by atomic mass is 9.99. The van der Waals surface area contributed by atoms with E-state index in [1.807, 2.05) is 121 Å². The van der Waals surface area contributed by atoms with Crippen LogP contribution in [0, 0.1) is 0 Å². The Morgan fingerprint density at radius 1 is 0.487 bits per heavy atom. The first-order chi connectivity index (χ1) is 19.3. The van der Waals surface area contributed by atoms with Gasteiger partial charge in [0, 0.05) is 17.5 Å². The molecule has 0 saturated carbocycles. The van der Waals surface area contributed by atoms with E-state index in [2.05, 4.69) is 6.29 Å². The molecular formula is C35H29O4. The molecule has 5 rings (SSSR count). The Hall–Kier alpha value is -4.83. The molecule has 0 unspecified atom stereocenters. The molecule has 0 aliphatic heterocycles. The Morgan fingerprint density at radius 3 is 1.74 bits per heavy atom. The number of hydrogen-bond donors (Lipinski definition) is 0. The fraction of sp³-hybridized carbons (Fsp3) is 0.114. The van der Waals surface area contributed by atoms with Gasteiger partial charge in [-0.15, -0.1) is 0 Å². The molecule has 1 radical (unpaired) electrons. The third-order valence-corrected chi connectivity index (χ3v) is 6.34. The van der Waals surface area contributed by atoms with Crippen LogP contribution in [-0.4, -0.2) is 6.29 Å². The summed E-state index contributed by atoms with van der Waals surface area (Å²) < 4.78 is 18.1. The van der Waals surface area contributed by atoms with Gasteiger partial charge in [0.2, 0.25) is 6.29 Å². The van der Waals surface area contributed by atoms with Gasteiger partial charge in [0.05, 0.1) is 0 Å². The minimum atomic E-state index is 0.351. The molecule has 4 heteroatoms. The van der Waals surface area contributed by atoms with Crippen LogP contribution in [0.1, 0.15) is 33.4 Å². The maximum Gasteiger partial charge on any atom is 0.233 e. The normalized spacial score (nSPS) is 10.6. The molecule has 0 saturated heterocycles. The Balaban J connectivity index is 1.23. The quantitative estimate of drug-likeness (QED) is 0.174. The lowest BCUT2D eigenvalue weighted by molar-refractivity contribution is 0.294. The zero-order chi connectivity index (χ0) is 26.7. The number of benzene rings is 5. The molecule has 193 valence electrons. The van der Waals surface area contributed by atoms with E-state index < -0.39 is 0 Å². The van der Waals surface area contributed by atoms with Crippen molar-refractivity contribution in [3.05, 3.63) is 161 Å². The highest BCUT2D eigenvalue weighted by atomic mass is 16.5. The molecule has 0 amide bonds. The summed E-state index contributed by atoms with van der Waals surface area (Å²) in [5.41, 5.74) is 5.56. The van der Waals surface area contributed by atoms with E-state index in [0.29, 0.717) is 37.6 Å². The van der Waals surface area contributed by atoms with Crippen molar-refractivity contribution in [2.24, 2.45) is 0 Å². The van der Waals surface area contributed by atoms with Gasteiger partial charge < -0.3 is 14.2 Å². The second-order valence-corrected chi connectivity index (χ2v) is 9.19. The van der Waals surface area contributed by atoms with E-state index in [1.54, 1.807) is 6.07 Å². The lowest BCUT2D eigenvalue weighted by Gasteiger charge is -2.14. The molecule has 0 aliphatic rings. The molecule has 0 fully saturated rings. The van der Waals surface area contributed by atoms with Crippen LogP contribution in [0.15, 0.2) is 127 Å². The van der Waals surface area contributed by atoms with Crippen molar-refractivity contribution in [3.8, 4) is 17.2 Å². The van der Waals surface area contributed by atoms with Gasteiger partial charge in [-0.05, 0) is 52.6 Å². The highest BCUT2D eigenvalue weighted by Crippen LogP contribution is 2.27. The van der Waals surface area contributed by atoms with Gasteiger partial charge in [-0.1, -0.05) is 97.1 Å². The summed E-state index contributed by atoms with van der Waals surface area (Å²) in [5, 5.41) is 0. The van der Waals surface area contributed by atoms with Gasteiger partial charge in [-0.3, -0.25) is 4.79 Å². The highest BCUT2D eigenvalue weighted by molar-refractivity contribution is 5.79. The van der Waals surface area contributed by atoms with Crippen molar-refractivity contribution in [1.82, 2.24) is 0 Å². The van der Waals surface area contributed by atoms with Crippen molar-refractivity contribution >= 4 is 6.29 Å². The Morgan fingerprint density at radius 2 is 1.08 bits per heavy atom. The number of carbonyl (C=O) groups excluding carboxylic acids is 1. The third-order valence-electron chi connectivity index (χ3n) is 6.34. The van der Waals surface area contributed by atoms with Gasteiger partial charge in [0.25, 0.3) is 0 Å². The molecule has 4 nitrogen and oxygen atoms in total. The van der Waals surface area contributed by atoms with E-state index in [-0.39, 0.29) is 0 Å². The minimum Gasteiger partial charge on any atom is -0.489 e. The minimum absolute atomic E-state index is 0.351. The van der Waals surface area contributed by atoms with Crippen LogP contribution in [0.25, 0.3) is 0 Å². The molecule has 0 atom stereocenters. The number of hydrogen-bond acceptors (Lipinski definition) is 4. The van der Waals surface area contributed by atoms with Crippen LogP contribution in [0.3, 0.4) is 0 Å². The SMILES string of the molecule is O=[C]c1cccc(OCc2cccc(OCc3ccccc3)c2)c1Cc1ccc(OCc2ccccc2)cc1. The molecule has 0 spiro atoms. The first-order valence-corrected chi connectivity index (χ1v) is 12.9. The maximum atomic E-state index is 11.7. The summed E-state index contributed by atoms with van der Waals surface area (Å²) in [4.78, 5) is 11.7. The standard InChI is InChI=1S/C35H29O4/c36-23-31-14-8-16-35(39-26-30-13-7-15-33(21-30)38-25-29-11-5-2-6-12-29)34(31)22-27-17-19-32(20-18-27)37-24-28-9-3-1-4-10-28/h1-21H,22,24-26H2. The van der Waals surface area contributed by atoms with E-state index in [9.17, 15) is 4.79 Å². The molecule has 0 heterocycles. The summed E-state index contributed by atoms with van der Waals surface area (Å²) in [6.45, 7) is 1.37. The van der Waals surface area contributed by atoms with E-state index >= 15 is 0 Å². The third kappa shape index (κ3) is 7.36. The molecule has 0 aliphatic carbocycles. The molecule has 5 aromatic carbocycles. The molecule has 0 aromatic heterocycles. The highest BCUT2D eigenvalue weighted by Gasteiger charge is 2.12. The summed E-state index contributed by atoms with van der Waals surface area (Å²) in [6, 6.07) is 41.4. The second-order valence-electron chi connectivity index (χ2n) is 9.19. The monoisotopic (exact) mass is 513 g/mol. The predicted molar refractivity (Wildman–Crippen MR) is 153 cm³/mol. The topological polar surface area (TPSA) is 44.8 Å². The Kier molecular flexibility index (Phi) is 8.67. The van der Waals surface area contributed by atoms with E-state index in [0.717, 1.165) is 39.3 Å². The zero-order valence-electron chi connectivity index (χ0n) is 21.6. The van der Waals surface area contributed by atoms with Crippen LogP contribution in [0.4, 0.5) is 0 Å². The zero-order valence-corrected chi connectivity index (χ0v) is 21.6. The molecular weight excluding hydrogens is 484 g/mol. The van der Waals surface area contributed by atoms with Gasteiger partial charge >= 0.3 is 0 Å². The average Bonchev–Trinajstić information content (AvgIpc) is 3.00. The molecule has 0 bridgehead atoms. The first-order valence-electron chi connectivity index (χ1n) is 12.9. The van der Waals surface area contributed by atoms with Crippen LogP contribution >= 0.6 is 0 Å². The molecule has 5 aromatic rings. The van der Waals surface area contributed by atoms with Gasteiger partial charge in [0.15, 0.2) is 0 Å². The summed E-state index contributed by atoms with van der Waals surface area (Å²) in [5.74, 6) is 2.24. The van der Waals surface area contributed by atoms with Crippen LogP contribution < -0.4 is 14.2 Å². The predicted octanol–water partition coefficient (Wildman–Crippen LogP) is 7.47. The molecule has 0 N–H and O–H groups in total. The number of ether oxygens (including phenoxy) is 3. The van der Waals surface area contributed by atoms with Crippen molar-refractivity contribution in [2.45, 2.75) is 26.2 Å². The fourth-order valence-electron chi connectivity index (χ4n) is 4.25. The van der Waals surface area contributed by atoms with Gasteiger partial charge in [-0.25, -0.2) is 0 Å². The fourth-order valence-corrected chi connectivity index (χ4v) is 4.25. The second kappa shape index (κ2) is 13.1. The van der Waals surface area contributed by atoms with E-state index in [1.165, 1.54) is 0 Å². The maximum absolute atomic E-state index is 11.7. The summed E-state index contributed by atoms with van der Waals surface area (Å²) >= 11 is 0. The van der Waals surface area contributed by atoms with Crippen molar-refractivity contribution in [3.63, 3.8) is 0 Å². The van der Waals surface area contributed by atoms with Gasteiger partial charge in [0.1, 0.15) is 37.1 Å². The van der Waals surface area contributed by atoms with Crippen LogP contribution in [0.2, 0.25) is 0 Å². The Bertz CT molecular complexity index is 1480. The Labute approximate surface area is 229 Å². The van der Waals surface area contributed by atoms with Crippen molar-refractivity contribution < 1.29 is 19.0 Å². The summed E-state index contributed by atoms with van der Waals surface area (Å²) in [6.07, 6.45) is 2.61. The van der Waals surface area contributed by atoms with Crippen LogP contribution in [-0.2, 0) is 31.0 Å². The smallest absolute Gasteiger partial charge is 0.233 e. The summed E-state index contributed by atoms with van der Waals surface area (Å²) in [7, 11) is 0. The van der Waals surface area contributed by atoms with E-state index in [4.69, 9.17) is 14.2 Å². The van der Waals surface area contributed by atoms with Gasteiger partial charge in [-0.2, -0.15) is 0 Å². The first kappa shape index (κ1) is 25.8. The lowest BCUT2D eigenvalue weighted by Crippen LogP contribution is -2.03. The van der Waals surface area contributed by atoms with Crippen LogP contribution in [0.5, 0.6) is 17.2 Å². The largest absolute Gasteiger partial charge is 0.489 e. The number of rotatable bonds is 12. The van der Waals surface area contributed by atoms with Crippen molar-refractivity contribution in [2.75, 3.05) is 0 Å². The van der Waals surface area contributed by atoms with Crippen molar-refractivity contribution in [1.29, 1.82) is 0 Å². The molecule has 39 heavy (non-hydrogen) atoms.